The summed E-state index contributed by atoms with van der Waals surface area (Å²) in [6.07, 6.45) is 3.08. The van der Waals surface area contributed by atoms with Crippen LogP contribution in [0.1, 0.15) is 32.6 Å². The highest BCUT2D eigenvalue weighted by atomic mass is 32.2. The van der Waals surface area contributed by atoms with Crippen molar-refractivity contribution in [3.63, 3.8) is 0 Å². The minimum atomic E-state index is -3.54. The Balaban J connectivity index is 2.20. The first-order chi connectivity index (χ1) is 10.3. The van der Waals surface area contributed by atoms with Crippen LogP contribution in [-0.4, -0.2) is 40.0 Å². The molecule has 1 aliphatic heterocycles. The Bertz CT molecular complexity index is 708. The maximum Gasteiger partial charge on any atom is 0.243 e. The number of unbranched alkanes of at least 4 members (excludes halogenated alkanes) is 1. The second kappa shape index (κ2) is 6.97. The number of rotatable bonds is 7. The highest BCUT2D eigenvalue weighted by Crippen LogP contribution is 2.23. The van der Waals surface area contributed by atoms with E-state index in [1.807, 2.05) is 6.92 Å². The van der Waals surface area contributed by atoms with Crippen LogP contribution in [0.25, 0.3) is 0 Å². The lowest BCUT2D eigenvalue weighted by atomic mass is 10.3. The van der Waals surface area contributed by atoms with Crippen LogP contribution in [0.5, 0.6) is 0 Å². The van der Waals surface area contributed by atoms with Crippen molar-refractivity contribution >= 4 is 25.7 Å². The fraction of sp³-hybridized carbons (Fsp3) is 0.571. The summed E-state index contributed by atoms with van der Waals surface area (Å²) >= 11 is 0. The predicted octanol–water partition coefficient (Wildman–Crippen LogP) is 2.01. The Hall–Kier alpha value is -1.12. The molecule has 124 valence electrons. The average molecular weight is 346 g/mol. The van der Waals surface area contributed by atoms with E-state index < -0.39 is 20.0 Å². The van der Waals surface area contributed by atoms with Gasteiger partial charge in [-0.1, -0.05) is 19.4 Å². The third-order valence-electron chi connectivity index (χ3n) is 3.58. The fourth-order valence-electron chi connectivity index (χ4n) is 2.36. The quantitative estimate of drug-likeness (QED) is 0.818. The summed E-state index contributed by atoms with van der Waals surface area (Å²) in [7, 11) is -6.97. The number of benzene rings is 1. The predicted molar refractivity (Wildman–Crippen MR) is 86.8 cm³/mol. The number of nitrogens with zero attached hydrogens (tertiary/aromatic N) is 1. The van der Waals surface area contributed by atoms with Gasteiger partial charge in [-0.3, -0.25) is 4.72 Å². The fourth-order valence-corrected chi connectivity index (χ4v) is 5.18. The lowest BCUT2D eigenvalue weighted by Gasteiger charge is -2.16. The molecule has 0 atom stereocenters. The monoisotopic (exact) mass is 346 g/mol. The molecule has 1 aromatic rings. The van der Waals surface area contributed by atoms with E-state index in [1.54, 1.807) is 12.1 Å². The Morgan fingerprint density at radius 3 is 2.45 bits per heavy atom. The maximum atomic E-state index is 12.5. The standard InChI is InChI=1S/C14H22N2O4S2/c1-2-3-11-21(17,18)15-13-7-6-8-14(12-13)22(19,20)16-9-4-5-10-16/h6-8,12,15H,2-5,9-11H2,1H3. The van der Waals surface area contributed by atoms with E-state index in [1.165, 1.54) is 16.4 Å². The van der Waals surface area contributed by atoms with Crippen molar-refractivity contribution in [2.24, 2.45) is 0 Å². The van der Waals surface area contributed by atoms with Crippen LogP contribution in [0, 0.1) is 0 Å². The van der Waals surface area contributed by atoms with Gasteiger partial charge in [-0.2, -0.15) is 4.31 Å². The summed E-state index contributed by atoms with van der Waals surface area (Å²) in [5.74, 6) is 0.0343. The number of hydrogen-bond donors (Lipinski definition) is 1. The topological polar surface area (TPSA) is 83.5 Å². The van der Waals surface area contributed by atoms with Crippen molar-refractivity contribution in [2.75, 3.05) is 23.6 Å². The number of sulfonamides is 2. The lowest BCUT2D eigenvalue weighted by Crippen LogP contribution is -2.28. The van der Waals surface area contributed by atoms with Crippen molar-refractivity contribution in [3.8, 4) is 0 Å². The molecule has 0 spiro atoms. The van der Waals surface area contributed by atoms with Gasteiger partial charge in [0.1, 0.15) is 0 Å². The maximum absolute atomic E-state index is 12.5. The number of hydrogen-bond acceptors (Lipinski definition) is 4. The van der Waals surface area contributed by atoms with Crippen molar-refractivity contribution in [1.82, 2.24) is 4.31 Å². The molecule has 0 bridgehead atoms. The molecule has 0 radical (unpaired) electrons. The van der Waals surface area contributed by atoms with Crippen LogP contribution in [0.4, 0.5) is 5.69 Å². The van der Waals surface area contributed by atoms with Gasteiger partial charge in [0, 0.05) is 18.8 Å². The summed E-state index contributed by atoms with van der Waals surface area (Å²) in [6.45, 7) is 2.96. The molecule has 0 aliphatic carbocycles. The summed E-state index contributed by atoms with van der Waals surface area (Å²) in [6, 6.07) is 6.00. The Kier molecular flexibility index (Phi) is 5.46. The van der Waals surface area contributed by atoms with Crippen molar-refractivity contribution in [3.05, 3.63) is 24.3 Å². The van der Waals surface area contributed by atoms with E-state index in [2.05, 4.69) is 4.72 Å². The van der Waals surface area contributed by atoms with E-state index >= 15 is 0 Å². The van der Waals surface area contributed by atoms with E-state index in [0.29, 0.717) is 19.5 Å². The van der Waals surface area contributed by atoms with Crippen molar-refractivity contribution in [2.45, 2.75) is 37.5 Å². The number of anilines is 1. The van der Waals surface area contributed by atoms with Crippen molar-refractivity contribution < 1.29 is 16.8 Å². The van der Waals surface area contributed by atoms with Crippen LogP contribution < -0.4 is 4.72 Å². The molecule has 1 fully saturated rings. The molecule has 8 heteroatoms. The van der Waals surface area contributed by atoms with Crippen LogP contribution in [0.15, 0.2) is 29.2 Å². The van der Waals surface area contributed by atoms with Crippen LogP contribution in [-0.2, 0) is 20.0 Å². The normalized spacial score (nSPS) is 16.8. The lowest BCUT2D eigenvalue weighted by molar-refractivity contribution is 0.477. The molecular formula is C14H22N2O4S2. The van der Waals surface area contributed by atoms with E-state index in [4.69, 9.17) is 0 Å². The van der Waals surface area contributed by atoms with Crippen LogP contribution in [0.2, 0.25) is 0 Å². The molecule has 1 aromatic carbocycles. The molecule has 0 unspecified atom stereocenters. The summed E-state index contributed by atoms with van der Waals surface area (Å²) in [5.41, 5.74) is 0.288. The van der Waals surface area contributed by atoms with Gasteiger partial charge in [0.15, 0.2) is 0 Å². The van der Waals surface area contributed by atoms with Gasteiger partial charge in [0.25, 0.3) is 0 Å². The summed E-state index contributed by atoms with van der Waals surface area (Å²) < 4.78 is 52.6. The second-order valence-corrected chi connectivity index (χ2v) is 9.19. The largest absolute Gasteiger partial charge is 0.284 e. The van der Waals surface area contributed by atoms with Gasteiger partial charge in [-0.05, 0) is 37.5 Å². The Morgan fingerprint density at radius 2 is 1.82 bits per heavy atom. The summed E-state index contributed by atoms with van der Waals surface area (Å²) in [5, 5.41) is 0. The first kappa shape index (κ1) is 17.2. The molecule has 0 amide bonds. The highest BCUT2D eigenvalue weighted by Gasteiger charge is 2.27. The molecule has 0 saturated carbocycles. The highest BCUT2D eigenvalue weighted by molar-refractivity contribution is 7.92. The third kappa shape index (κ3) is 4.21. The zero-order valence-corrected chi connectivity index (χ0v) is 14.3. The van der Waals surface area contributed by atoms with Gasteiger partial charge in [0.05, 0.1) is 10.6 Å². The number of nitrogens with one attached hydrogen (secondary N) is 1. The van der Waals surface area contributed by atoms with Gasteiger partial charge in [-0.15, -0.1) is 0 Å². The van der Waals surface area contributed by atoms with Crippen molar-refractivity contribution in [1.29, 1.82) is 0 Å². The zero-order valence-electron chi connectivity index (χ0n) is 12.7. The average Bonchev–Trinajstić information content (AvgIpc) is 3.00. The molecule has 6 nitrogen and oxygen atoms in total. The molecule has 1 N–H and O–H groups in total. The molecule has 1 saturated heterocycles. The van der Waals surface area contributed by atoms with Crippen LogP contribution in [0.3, 0.4) is 0 Å². The minimum absolute atomic E-state index is 0.0343. The second-order valence-electron chi connectivity index (χ2n) is 5.41. The van der Waals surface area contributed by atoms with Crippen LogP contribution >= 0.6 is 0 Å². The van der Waals surface area contributed by atoms with E-state index in [-0.39, 0.29) is 16.3 Å². The molecule has 0 aromatic heterocycles. The van der Waals surface area contributed by atoms with Gasteiger partial charge >= 0.3 is 0 Å². The van der Waals surface area contributed by atoms with E-state index in [9.17, 15) is 16.8 Å². The Morgan fingerprint density at radius 1 is 1.14 bits per heavy atom. The third-order valence-corrected chi connectivity index (χ3v) is 6.84. The molecule has 1 heterocycles. The molecular weight excluding hydrogens is 324 g/mol. The molecule has 2 rings (SSSR count). The molecule has 1 aliphatic rings. The zero-order chi connectivity index (χ0) is 16.2. The van der Waals surface area contributed by atoms with Gasteiger partial charge in [-0.25, -0.2) is 16.8 Å². The first-order valence-electron chi connectivity index (χ1n) is 7.46. The smallest absolute Gasteiger partial charge is 0.243 e. The summed E-state index contributed by atoms with van der Waals surface area (Å²) in [4.78, 5) is 0.130. The van der Waals surface area contributed by atoms with Gasteiger partial charge in [0.2, 0.25) is 20.0 Å². The van der Waals surface area contributed by atoms with Gasteiger partial charge < -0.3 is 0 Å². The Labute approximate surface area is 132 Å². The van der Waals surface area contributed by atoms with E-state index in [0.717, 1.165) is 19.3 Å². The molecule has 22 heavy (non-hydrogen) atoms. The SMILES string of the molecule is CCCCS(=O)(=O)Nc1cccc(S(=O)(=O)N2CCCC2)c1. The minimum Gasteiger partial charge on any atom is -0.284 e. The first-order valence-corrected chi connectivity index (χ1v) is 10.5.